The number of benzene rings is 2. The number of methoxy groups -OCH3 is 1. The summed E-state index contributed by atoms with van der Waals surface area (Å²) in [5, 5.41) is 10.2. The minimum atomic E-state index is -0.0809. The third kappa shape index (κ3) is 4.09. The predicted molar refractivity (Wildman–Crippen MR) is 102 cm³/mol. The number of anilines is 1. The van der Waals surface area contributed by atoms with Crippen molar-refractivity contribution in [3.63, 3.8) is 0 Å². The molecule has 3 aromatic rings. The van der Waals surface area contributed by atoms with E-state index in [-0.39, 0.29) is 12.3 Å². The lowest BCUT2D eigenvalue weighted by molar-refractivity contribution is -0.115. The first-order valence-electron chi connectivity index (χ1n) is 7.80. The van der Waals surface area contributed by atoms with Crippen LogP contribution in [0.5, 0.6) is 5.75 Å². The van der Waals surface area contributed by atoms with E-state index in [4.69, 9.17) is 4.74 Å². The van der Waals surface area contributed by atoms with Gasteiger partial charge in [-0.25, -0.2) is 0 Å². The van der Waals surface area contributed by atoms with Gasteiger partial charge in [-0.2, -0.15) is 5.10 Å². The number of hydrogen-bond donors (Lipinski definition) is 2. The van der Waals surface area contributed by atoms with Crippen LogP contribution in [0, 0.1) is 6.92 Å². The lowest BCUT2D eigenvalue weighted by Gasteiger charge is -2.08. The van der Waals surface area contributed by atoms with Gasteiger partial charge in [0, 0.05) is 16.9 Å². The fourth-order valence-electron chi connectivity index (χ4n) is 2.52. The van der Waals surface area contributed by atoms with Crippen LogP contribution in [0.1, 0.15) is 11.3 Å². The SMILES string of the molecule is COc1cccc(CC(=O)Nc2cccc(-c3n[nH]c(C)c3Br)c2)c1. The number of nitrogens with zero attached hydrogens (tertiary/aromatic N) is 1. The van der Waals surface area contributed by atoms with E-state index in [9.17, 15) is 4.79 Å². The maximum absolute atomic E-state index is 12.3. The van der Waals surface area contributed by atoms with Crippen LogP contribution in [-0.2, 0) is 11.2 Å². The summed E-state index contributed by atoms with van der Waals surface area (Å²) in [7, 11) is 1.61. The molecule has 0 aliphatic rings. The average molecular weight is 400 g/mol. The van der Waals surface area contributed by atoms with Gasteiger partial charge in [0.15, 0.2) is 0 Å². The first kappa shape index (κ1) is 17.2. The fraction of sp³-hybridized carbons (Fsp3) is 0.158. The average Bonchev–Trinajstić information content (AvgIpc) is 2.94. The van der Waals surface area contributed by atoms with Crippen LogP contribution in [0.15, 0.2) is 53.0 Å². The van der Waals surface area contributed by atoms with Crippen molar-refractivity contribution in [3.8, 4) is 17.0 Å². The van der Waals surface area contributed by atoms with Crippen LogP contribution in [0.4, 0.5) is 5.69 Å². The lowest BCUT2D eigenvalue weighted by atomic mass is 10.1. The zero-order chi connectivity index (χ0) is 17.8. The van der Waals surface area contributed by atoms with E-state index in [0.29, 0.717) is 0 Å². The van der Waals surface area contributed by atoms with Crippen molar-refractivity contribution in [1.29, 1.82) is 0 Å². The van der Waals surface area contributed by atoms with Gasteiger partial charge in [0.25, 0.3) is 0 Å². The quantitative estimate of drug-likeness (QED) is 0.670. The van der Waals surface area contributed by atoms with E-state index in [1.54, 1.807) is 7.11 Å². The molecule has 0 spiro atoms. The molecule has 0 saturated heterocycles. The van der Waals surface area contributed by atoms with Crippen molar-refractivity contribution in [2.45, 2.75) is 13.3 Å². The van der Waals surface area contributed by atoms with Gasteiger partial charge >= 0.3 is 0 Å². The highest BCUT2D eigenvalue weighted by atomic mass is 79.9. The van der Waals surface area contributed by atoms with E-state index in [0.717, 1.165) is 38.4 Å². The predicted octanol–water partition coefficient (Wildman–Crippen LogP) is 4.34. The molecule has 0 saturated carbocycles. The second-order valence-electron chi connectivity index (χ2n) is 5.67. The molecule has 25 heavy (non-hydrogen) atoms. The lowest BCUT2D eigenvalue weighted by Crippen LogP contribution is -2.14. The van der Waals surface area contributed by atoms with E-state index in [1.165, 1.54) is 0 Å². The standard InChI is InChI=1S/C19H18BrN3O2/c1-12-18(20)19(23-22-12)14-6-4-7-15(11-14)21-17(24)10-13-5-3-8-16(9-13)25-2/h3-9,11H,10H2,1-2H3,(H,21,24)(H,22,23). The third-order valence-corrected chi connectivity index (χ3v) is 4.76. The Bertz CT molecular complexity index is 905. The van der Waals surface area contributed by atoms with Crippen molar-refractivity contribution < 1.29 is 9.53 Å². The Morgan fingerprint density at radius 3 is 2.76 bits per heavy atom. The molecule has 0 fully saturated rings. The van der Waals surface area contributed by atoms with Gasteiger partial charge in [-0.1, -0.05) is 24.3 Å². The third-order valence-electron chi connectivity index (χ3n) is 3.79. The van der Waals surface area contributed by atoms with E-state index >= 15 is 0 Å². The van der Waals surface area contributed by atoms with E-state index in [1.807, 2.05) is 55.5 Å². The number of carbonyl (C=O) groups is 1. The summed E-state index contributed by atoms with van der Waals surface area (Å²) < 4.78 is 6.11. The minimum absolute atomic E-state index is 0.0809. The van der Waals surface area contributed by atoms with Crippen LogP contribution in [-0.4, -0.2) is 23.2 Å². The number of hydrogen-bond acceptors (Lipinski definition) is 3. The Kier molecular flexibility index (Phi) is 5.19. The molecule has 2 aromatic carbocycles. The first-order valence-corrected chi connectivity index (χ1v) is 8.60. The van der Waals surface area contributed by atoms with Gasteiger partial charge in [-0.3, -0.25) is 9.89 Å². The highest BCUT2D eigenvalue weighted by molar-refractivity contribution is 9.10. The number of carbonyl (C=O) groups excluding carboxylic acids is 1. The first-order chi connectivity index (χ1) is 12.1. The number of nitrogens with one attached hydrogen (secondary N) is 2. The van der Waals surface area contributed by atoms with Gasteiger partial charge in [-0.15, -0.1) is 0 Å². The second-order valence-corrected chi connectivity index (χ2v) is 6.46. The van der Waals surface area contributed by atoms with Crippen molar-refractivity contribution in [2.75, 3.05) is 12.4 Å². The van der Waals surface area contributed by atoms with Crippen molar-refractivity contribution in [2.24, 2.45) is 0 Å². The number of H-pyrrole nitrogens is 1. The van der Waals surface area contributed by atoms with Crippen molar-refractivity contribution in [1.82, 2.24) is 10.2 Å². The Morgan fingerprint density at radius 2 is 2.04 bits per heavy atom. The highest BCUT2D eigenvalue weighted by Crippen LogP contribution is 2.29. The molecule has 1 heterocycles. The summed E-state index contributed by atoms with van der Waals surface area (Å²) >= 11 is 3.53. The second kappa shape index (κ2) is 7.53. The van der Waals surface area contributed by atoms with Gasteiger partial charge in [-0.05, 0) is 52.7 Å². The molecule has 5 nitrogen and oxygen atoms in total. The van der Waals surface area contributed by atoms with Gasteiger partial charge in [0.1, 0.15) is 11.4 Å². The molecule has 0 radical (unpaired) electrons. The molecule has 6 heteroatoms. The Hall–Kier alpha value is -2.60. The van der Waals surface area contributed by atoms with Gasteiger partial charge < -0.3 is 10.1 Å². The molecule has 0 aliphatic heterocycles. The minimum Gasteiger partial charge on any atom is -0.497 e. The molecule has 1 aromatic heterocycles. The van der Waals surface area contributed by atoms with E-state index in [2.05, 4.69) is 31.4 Å². The number of aromatic nitrogens is 2. The number of rotatable bonds is 5. The monoisotopic (exact) mass is 399 g/mol. The summed E-state index contributed by atoms with van der Waals surface area (Å²) in [5.41, 5.74) is 4.34. The summed E-state index contributed by atoms with van der Waals surface area (Å²) in [6.07, 6.45) is 0.284. The number of amides is 1. The molecule has 0 bridgehead atoms. The van der Waals surface area contributed by atoms with Gasteiger partial charge in [0.05, 0.1) is 18.0 Å². The fourth-order valence-corrected chi connectivity index (χ4v) is 2.93. The van der Waals surface area contributed by atoms with E-state index < -0.39 is 0 Å². The molecule has 0 unspecified atom stereocenters. The van der Waals surface area contributed by atoms with Crippen LogP contribution in [0.25, 0.3) is 11.3 Å². The summed E-state index contributed by atoms with van der Waals surface area (Å²) in [6, 6.07) is 15.1. The Labute approximate surface area is 154 Å². The molecule has 1 amide bonds. The van der Waals surface area contributed by atoms with Crippen LogP contribution < -0.4 is 10.1 Å². The Balaban J connectivity index is 1.73. The molecule has 0 atom stereocenters. The number of aryl methyl sites for hydroxylation is 1. The number of aromatic amines is 1. The zero-order valence-electron chi connectivity index (χ0n) is 14.0. The normalized spacial score (nSPS) is 10.5. The molecular weight excluding hydrogens is 382 g/mol. The van der Waals surface area contributed by atoms with Crippen molar-refractivity contribution in [3.05, 3.63) is 64.3 Å². The summed E-state index contributed by atoms with van der Waals surface area (Å²) in [4.78, 5) is 12.3. The van der Waals surface area contributed by atoms with Crippen molar-refractivity contribution >= 4 is 27.5 Å². The van der Waals surface area contributed by atoms with Crippen LogP contribution in [0.3, 0.4) is 0 Å². The molecule has 128 valence electrons. The maximum Gasteiger partial charge on any atom is 0.228 e. The molecular formula is C19H18BrN3O2. The summed E-state index contributed by atoms with van der Waals surface area (Å²) in [6.45, 7) is 1.94. The molecule has 2 N–H and O–H groups in total. The van der Waals surface area contributed by atoms with Gasteiger partial charge in [0.2, 0.25) is 5.91 Å². The topological polar surface area (TPSA) is 67.0 Å². The maximum atomic E-state index is 12.3. The zero-order valence-corrected chi connectivity index (χ0v) is 15.6. The van der Waals surface area contributed by atoms with Crippen LogP contribution >= 0.6 is 15.9 Å². The molecule has 3 rings (SSSR count). The Morgan fingerprint density at radius 1 is 1.24 bits per heavy atom. The smallest absolute Gasteiger partial charge is 0.228 e. The highest BCUT2D eigenvalue weighted by Gasteiger charge is 2.11. The van der Waals surface area contributed by atoms with Crippen LogP contribution in [0.2, 0.25) is 0 Å². The largest absolute Gasteiger partial charge is 0.497 e. The molecule has 0 aliphatic carbocycles. The summed E-state index contributed by atoms with van der Waals surface area (Å²) in [5.74, 6) is 0.661. The number of ether oxygens (including phenoxy) is 1. The number of halogens is 1.